The highest BCUT2D eigenvalue weighted by Crippen LogP contribution is 2.23. The molecule has 1 heterocycles. The van der Waals surface area contributed by atoms with Crippen LogP contribution < -0.4 is 0 Å². The Kier molecular flexibility index (Phi) is 5.45. The number of benzene rings is 2. The van der Waals surface area contributed by atoms with E-state index in [1.54, 1.807) is 9.80 Å². The second-order valence-corrected chi connectivity index (χ2v) is 6.56. The average Bonchev–Trinajstić information content (AvgIpc) is 2.67. The quantitative estimate of drug-likeness (QED) is 0.818. The third-order valence-electron chi connectivity index (χ3n) is 4.60. The van der Waals surface area contributed by atoms with Gasteiger partial charge in [0, 0.05) is 49.4 Å². The first-order chi connectivity index (χ1) is 12.9. The smallest absolute Gasteiger partial charge is 0.253 e. The van der Waals surface area contributed by atoms with Crippen molar-refractivity contribution >= 4 is 17.9 Å². The predicted octanol–water partition coefficient (Wildman–Crippen LogP) is 2.40. The molecular formula is C21H22N2O4. The highest BCUT2D eigenvalue weighted by atomic mass is 16.3. The minimum absolute atomic E-state index is 0.0216. The Morgan fingerprint density at radius 1 is 0.926 bits per heavy atom. The molecule has 1 aliphatic rings. The van der Waals surface area contributed by atoms with E-state index in [0.717, 1.165) is 5.56 Å². The summed E-state index contributed by atoms with van der Waals surface area (Å²) in [5, 5.41) is 19.0. The van der Waals surface area contributed by atoms with E-state index in [0.29, 0.717) is 37.3 Å². The van der Waals surface area contributed by atoms with Crippen molar-refractivity contribution in [3.05, 3.63) is 65.2 Å². The van der Waals surface area contributed by atoms with Gasteiger partial charge in [-0.3, -0.25) is 9.59 Å². The number of hydrogen-bond donors (Lipinski definition) is 2. The molecule has 0 unspecified atom stereocenters. The standard InChI is InChI=1S/C21H22N2O4/c1-15-2-4-17(5-3-15)21(27)23-12-10-22(11-13-23)20(26)9-7-16-6-8-18(24)14-19(16)25/h2-9,14,24-25H,10-13H2,1H3/b9-7+. The van der Waals surface area contributed by atoms with E-state index in [-0.39, 0.29) is 23.3 Å². The first kappa shape index (κ1) is 18.5. The van der Waals surface area contributed by atoms with E-state index in [9.17, 15) is 19.8 Å². The van der Waals surface area contributed by atoms with E-state index >= 15 is 0 Å². The summed E-state index contributed by atoms with van der Waals surface area (Å²) in [7, 11) is 0. The lowest BCUT2D eigenvalue weighted by atomic mass is 10.1. The van der Waals surface area contributed by atoms with Crippen molar-refractivity contribution in [3.8, 4) is 11.5 Å². The van der Waals surface area contributed by atoms with Gasteiger partial charge in [0.05, 0.1) is 0 Å². The van der Waals surface area contributed by atoms with Crippen LogP contribution in [0, 0.1) is 6.92 Å². The monoisotopic (exact) mass is 366 g/mol. The number of nitrogens with zero attached hydrogens (tertiary/aromatic N) is 2. The zero-order valence-electron chi connectivity index (χ0n) is 15.1. The summed E-state index contributed by atoms with van der Waals surface area (Å²) in [6.07, 6.45) is 2.91. The number of piperazine rings is 1. The van der Waals surface area contributed by atoms with Crippen molar-refractivity contribution in [2.75, 3.05) is 26.2 Å². The SMILES string of the molecule is Cc1ccc(C(=O)N2CCN(C(=O)/C=C/c3ccc(O)cc3O)CC2)cc1. The molecule has 0 saturated carbocycles. The molecule has 2 aromatic rings. The highest BCUT2D eigenvalue weighted by Gasteiger charge is 2.23. The largest absolute Gasteiger partial charge is 0.508 e. The molecule has 140 valence electrons. The Labute approximate surface area is 158 Å². The molecule has 0 radical (unpaired) electrons. The van der Waals surface area contributed by atoms with E-state index < -0.39 is 0 Å². The molecule has 0 aliphatic carbocycles. The first-order valence-corrected chi connectivity index (χ1v) is 8.79. The Balaban J connectivity index is 1.56. The number of carbonyl (C=O) groups is 2. The number of amides is 2. The van der Waals surface area contributed by atoms with Crippen LogP contribution in [0.5, 0.6) is 11.5 Å². The molecule has 6 nitrogen and oxygen atoms in total. The average molecular weight is 366 g/mol. The van der Waals surface area contributed by atoms with Gasteiger partial charge >= 0.3 is 0 Å². The van der Waals surface area contributed by atoms with Crippen molar-refractivity contribution in [1.29, 1.82) is 0 Å². The number of aromatic hydroxyl groups is 2. The lowest BCUT2D eigenvalue weighted by molar-refractivity contribution is -0.127. The van der Waals surface area contributed by atoms with Crippen molar-refractivity contribution in [3.63, 3.8) is 0 Å². The molecule has 6 heteroatoms. The third kappa shape index (κ3) is 4.47. The Hall–Kier alpha value is -3.28. The molecule has 2 N–H and O–H groups in total. The van der Waals surface area contributed by atoms with Crippen molar-refractivity contribution in [2.24, 2.45) is 0 Å². The van der Waals surface area contributed by atoms with Gasteiger partial charge in [-0.15, -0.1) is 0 Å². The summed E-state index contributed by atoms with van der Waals surface area (Å²) in [6.45, 7) is 3.86. The maximum atomic E-state index is 12.5. The maximum absolute atomic E-state index is 12.5. The summed E-state index contributed by atoms with van der Waals surface area (Å²) in [4.78, 5) is 28.3. The van der Waals surface area contributed by atoms with Gasteiger partial charge in [0.1, 0.15) is 11.5 Å². The molecule has 1 saturated heterocycles. The van der Waals surface area contributed by atoms with Crippen LogP contribution in [-0.4, -0.2) is 58.0 Å². The van der Waals surface area contributed by atoms with Gasteiger partial charge in [0.25, 0.3) is 5.91 Å². The molecule has 1 aliphatic heterocycles. The molecule has 3 rings (SSSR count). The zero-order valence-corrected chi connectivity index (χ0v) is 15.1. The van der Waals surface area contributed by atoms with E-state index in [1.807, 2.05) is 31.2 Å². The van der Waals surface area contributed by atoms with Crippen LogP contribution in [0.1, 0.15) is 21.5 Å². The van der Waals surface area contributed by atoms with Crippen LogP contribution in [0.3, 0.4) is 0 Å². The molecule has 2 amide bonds. The Bertz CT molecular complexity index is 866. The molecule has 1 fully saturated rings. The van der Waals surface area contributed by atoms with Gasteiger partial charge in [-0.2, -0.15) is 0 Å². The molecule has 0 atom stereocenters. The number of phenolic OH excluding ortho intramolecular Hbond substituents is 2. The predicted molar refractivity (Wildman–Crippen MR) is 102 cm³/mol. The van der Waals surface area contributed by atoms with Crippen LogP contribution >= 0.6 is 0 Å². The van der Waals surface area contributed by atoms with Gasteiger partial charge in [-0.1, -0.05) is 17.7 Å². The first-order valence-electron chi connectivity index (χ1n) is 8.79. The topological polar surface area (TPSA) is 81.1 Å². The maximum Gasteiger partial charge on any atom is 0.253 e. The zero-order chi connectivity index (χ0) is 19.4. The fourth-order valence-corrected chi connectivity index (χ4v) is 2.95. The second kappa shape index (κ2) is 7.95. The van der Waals surface area contributed by atoms with Gasteiger partial charge in [-0.25, -0.2) is 0 Å². The fraction of sp³-hybridized carbons (Fsp3) is 0.238. The lowest BCUT2D eigenvalue weighted by Crippen LogP contribution is -2.50. The Morgan fingerprint density at radius 2 is 1.56 bits per heavy atom. The van der Waals surface area contributed by atoms with Crippen molar-refractivity contribution < 1.29 is 19.8 Å². The minimum atomic E-state index is -0.176. The normalized spacial score (nSPS) is 14.6. The van der Waals surface area contributed by atoms with Crippen LogP contribution in [0.2, 0.25) is 0 Å². The molecule has 0 spiro atoms. The van der Waals surface area contributed by atoms with Gasteiger partial charge in [0.2, 0.25) is 5.91 Å². The molecular weight excluding hydrogens is 344 g/mol. The summed E-state index contributed by atoms with van der Waals surface area (Å²) < 4.78 is 0. The Morgan fingerprint density at radius 3 is 2.19 bits per heavy atom. The fourth-order valence-electron chi connectivity index (χ4n) is 2.95. The number of aryl methyl sites for hydroxylation is 1. The van der Waals surface area contributed by atoms with Gasteiger partial charge in [0.15, 0.2) is 0 Å². The molecule has 27 heavy (non-hydrogen) atoms. The highest BCUT2D eigenvalue weighted by molar-refractivity contribution is 5.95. The third-order valence-corrected chi connectivity index (χ3v) is 4.60. The van der Waals surface area contributed by atoms with Crippen LogP contribution in [0.4, 0.5) is 0 Å². The van der Waals surface area contributed by atoms with Crippen LogP contribution in [0.25, 0.3) is 6.08 Å². The molecule has 0 aromatic heterocycles. The summed E-state index contributed by atoms with van der Waals surface area (Å²) >= 11 is 0. The lowest BCUT2D eigenvalue weighted by Gasteiger charge is -2.34. The van der Waals surface area contributed by atoms with Crippen LogP contribution in [-0.2, 0) is 4.79 Å². The number of hydrogen-bond acceptors (Lipinski definition) is 4. The summed E-state index contributed by atoms with van der Waals surface area (Å²) in [6, 6.07) is 11.7. The van der Waals surface area contributed by atoms with E-state index in [2.05, 4.69) is 0 Å². The molecule has 2 aromatic carbocycles. The van der Waals surface area contributed by atoms with E-state index in [1.165, 1.54) is 30.4 Å². The van der Waals surface area contributed by atoms with Crippen LogP contribution in [0.15, 0.2) is 48.5 Å². The van der Waals surface area contributed by atoms with Gasteiger partial charge < -0.3 is 20.0 Å². The summed E-state index contributed by atoms with van der Waals surface area (Å²) in [5.74, 6) is -0.325. The van der Waals surface area contributed by atoms with Gasteiger partial charge in [-0.05, 0) is 37.3 Å². The number of rotatable bonds is 3. The minimum Gasteiger partial charge on any atom is -0.508 e. The second-order valence-electron chi connectivity index (χ2n) is 6.56. The van der Waals surface area contributed by atoms with Crippen molar-refractivity contribution in [1.82, 2.24) is 9.80 Å². The molecule has 0 bridgehead atoms. The number of carbonyl (C=O) groups excluding carboxylic acids is 2. The number of phenols is 2. The van der Waals surface area contributed by atoms with Crippen molar-refractivity contribution in [2.45, 2.75) is 6.92 Å². The van der Waals surface area contributed by atoms with E-state index in [4.69, 9.17) is 0 Å². The summed E-state index contributed by atoms with van der Waals surface area (Å²) in [5.41, 5.74) is 2.21.